The number of rotatable bonds is 6. The molecule has 0 aliphatic carbocycles. The van der Waals surface area contributed by atoms with Crippen molar-refractivity contribution in [3.8, 4) is 0 Å². The summed E-state index contributed by atoms with van der Waals surface area (Å²) in [7, 11) is 0. The summed E-state index contributed by atoms with van der Waals surface area (Å²) in [6, 6.07) is 19.2. The molecule has 0 saturated carbocycles. The Bertz CT molecular complexity index is 1090. The van der Waals surface area contributed by atoms with Gasteiger partial charge in [-0.15, -0.1) is 0 Å². The fraction of sp³-hybridized carbons (Fsp3) is 0.0952. The van der Waals surface area contributed by atoms with Gasteiger partial charge in [0.2, 0.25) is 0 Å². The average molecular weight is 373 g/mol. The highest BCUT2D eigenvalue weighted by Crippen LogP contribution is 2.22. The van der Waals surface area contributed by atoms with E-state index in [0.717, 1.165) is 22.4 Å². The second kappa shape index (κ2) is 7.89. The van der Waals surface area contributed by atoms with E-state index in [9.17, 15) is 4.79 Å². The van der Waals surface area contributed by atoms with E-state index in [2.05, 4.69) is 27.4 Å². The Kier molecular flexibility index (Phi) is 4.99. The van der Waals surface area contributed by atoms with E-state index >= 15 is 0 Å². The molecule has 2 heterocycles. The van der Waals surface area contributed by atoms with Gasteiger partial charge >= 0.3 is 0 Å². The van der Waals surface area contributed by atoms with E-state index in [0.29, 0.717) is 18.7 Å². The summed E-state index contributed by atoms with van der Waals surface area (Å²) in [5.41, 5.74) is 5.07. The van der Waals surface area contributed by atoms with Crippen LogP contribution < -0.4 is 10.8 Å². The predicted molar refractivity (Wildman–Crippen MR) is 106 cm³/mol. The van der Waals surface area contributed by atoms with Crippen LogP contribution >= 0.6 is 0 Å². The lowest BCUT2D eigenvalue weighted by molar-refractivity contribution is 0.0706. The largest absolute Gasteiger partial charge is 0.365 e. The van der Waals surface area contributed by atoms with Crippen molar-refractivity contribution in [1.82, 2.24) is 20.0 Å². The zero-order valence-electron chi connectivity index (χ0n) is 15.0. The molecule has 0 spiro atoms. The van der Waals surface area contributed by atoms with Gasteiger partial charge in [0.05, 0.1) is 5.39 Å². The highest BCUT2D eigenvalue weighted by molar-refractivity contribution is 5.93. The van der Waals surface area contributed by atoms with E-state index in [-0.39, 0.29) is 0 Å². The number of amides is 1. The lowest BCUT2D eigenvalue weighted by atomic mass is 10.1. The molecular formula is C21H19N5O2. The van der Waals surface area contributed by atoms with Crippen LogP contribution in [0.1, 0.15) is 21.5 Å². The van der Waals surface area contributed by atoms with Crippen LogP contribution in [-0.2, 0) is 13.1 Å². The Hall–Kier alpha value is -3.71. The highest BCUT2D eigenvalue weighted by Gasteiger charge is 2.09. The first-order valence-electron chi connectivity index (χ1n) is 8.85. The first kappa shape index (κ1) is 17.7. The molecule has 0 unspecified atom stereocenters. The lowest BCUT2D eigenvalue weighted by Gasteiger charge is -2.08. The number of nitrogens with zero attached hydrogens (tertiary/aromatic N) is 3. The standard InChI is InChI=1S/C21H19N5O2/c27-21(25-28)17-8-6-16(7-9-17)13-26-11-10-18-19(23-14-24-20(18)26)22-12-15-4-2-1-3-5-15/h1-11,14,28H,12-13H2,(H,25,27)(H,22,23,24). The van der Waals surface area contributed by atoms with Crippen LogP contribution in [0.15, 0.2) is 73.2 Å². The van der Waals surface area contributed by atoms with Crippen LogP contribution in [-0.4, -0.2) is 25.6 Å². The summed E-state index contributed by atoms with van der Waals surface area (Å²) in [5, 5.41) is 13.0. The molecule has 2 aromatic carbocycles. The van der Waals surface area contributed by atoms with Gasteiger partial charge in [-0.1, -0.05) is 42.5 Å². The fourth-order valence-corrected chi connectivity index (χ4v) is 3.08. The molecule has 0 fully saturated rings. The Labute approximate surface area is 161 Å². The first-order valence-corrected chi connectivity index (χ1v) is 8.85. The van der Waals surface area contributed by atoms with Crippen molar-refractivity contribution in [2.75, 3.05) is 5.32 Å². The molecule has 4 rings (SSSR count). The van der Waals surface area contributed by atoms with Crippen LogP contribution in [0.2, 0.25) is 0 Å². The monoisotopic (exact) mass is 373 g/mol. The van der Waals surface area contributed by atoms with Crippen LogP contribution in [0.4, 0.5) is 5.82 Å². The number of anilines is 1. The van der Waals surface area contributed by atoms with Crippen LogP contribution in [0.3, 0.4) is 0 Å². The molecule has 140 valence electrons. The van der Waals surface area contributed by atoms with Crippen LogP contribution in [0.25, 0.3) is 11.0 Å². The van der Waals surface area contributed by atoms with Gasteiger partial charge in [-0.2, -0.15) is 0 Å². The van der Waals surface area contributed by atoms with Gasteiger partial charge in [0.15, 0.2) is 0 Å². The van der Waals surface area contributed by atoms with E-state index in [1.165, 1.54) is 5.56 Å². The summed E-state index contributed by atoms with van der Waals surface area (Å²) in [4.78, 5) is 20.2. The number of hydroxylamine groups is 1. The number of nitrogens with one attached hydrogen (secondary N) is 2. The molecule has 0 radical (unpaired) electrons. The van der Waals surface area contributed by atoms with Gasteiger partial charge < -0.3 is 9.88 Å². The van der Waals surface area contributed by atoms with Gasteiger partial charge in [0, 0.05) is 24.8 Å². The normalized spacial score (nSPS) is 10.8. The van der Waals surface area contributed by atoms with E-state index in [4.69, 9.17) is 5.21 Å². The maximum absolute atomic E-state index is 11.4. The molecule has 0 atom stereocenters. The topological polar surface area (TPSA) is 92.1 Å². The van der Waals surface area contributed by atoms with Crippen molar-refractivity contribution < 1.29 is 10.0 Å². The molecule has 2 aromatic heterocycles. The summed E-state index contributed by atoms with van der Waals surface area (Å²) < 4.78 is 2.03. The number of carbonyl (C=O) groups excluding carboxylic acids is 1. The second-order valence-electron chi connectivity index (χ2n) is 6.38. The number of hydrogen-bond acceptors (Lipinski definition) is 5. The second-order valence-corrected chi connectivity index (χ2v) is 6.38. The van der Waals surface area contributed by atoms with Crippen molar-refractivity contribution in [2.45, 2.75) is 13.1 Å². The summed E-state index contributed by atoms with van der Waals surface area (Å²) in [6.45, 7) is 1.30. The molecule has 0 bridgehead atoms. The maximum Gasteiger partial charge on any atom is 0.274 e. The molecule has 7 heteroatoms. The number of carbonyl (C=O) groups is 1. The molecule has 28 heavy (non-hydrogen) atoms. The summed E-state index contributed by atoms with van der Waals surface area (Å²) in [6.07, 6.45) is 3.53. The third-order valence-electron chi connectivity index (χ3n) is 4.53. The minimum Gasteiger partial charge on any atom is -0.365 e. The van der Waals surface area contributed by atoms with E-state index in [1.807, 2.05) is 47.2 Å². The predicted octanol–water partition coefficient (Wildman–Crippen LogP) is 3.21. The van der Waals surface area contributed by atoms with Crippen molar-refractivity contribution in [1.29, 1.82) is 0 Å². The van der Waals surface area contributed by atoms with Gasteiger partial charge in [0.1, 0.15) is 17.8 Å². The third kappa shape index (κ3) is 3.70. The number of aromatic nitrogens is 3. The van der Waals surface area contributed by atoms with Gasteiger partial charge in [0.25, 0.3) is 5.91 Å². The summed E-state index contributed by atoms with van der Waals surface area (Å²) in [5.74, 6) is 0.266. The van der Waals surface area contributed by atoms with Crippen molar-refractivity contribution in [3.63, 3.8) is 0 Å². The molecule has 0 aliphatic rings. The number of hydrogen-bond donors (Lipinski definition) is 3. The Morgan fingerprint density at radius 3 is 2.50 bits per heavy atom. The molecule has 7 nitrogen and oxygen atoms in total. The Balaban J connectivity index is 1.53. The zero-order valence-corrected chi connectivity index (χ0v) is 15.0. The van der Waals surface area contributed by atoms with Crippen molar-refractivity contribution >= 4 is 22.8 Å². The molecule has 3 N–H and O–H groups in total. The highest BCUT2D eigenvalue weighted by atomic mass is 16.5. The maximum atomic E-state index is 11.4. The first-order chi connectivity index (χ1) is 13.7. The lowest BCUT2D eigenvalue weighted by Crippen LogP contribution is -2.18. The quantitative estimate of drug-likeness (QED) is 0.357. The summed E-state index contributed by atoms with van der Waals surface area (Å²) >= 11 is 0. The van der Waals surface area contributed by atoms with Crippen molar-refractivity contribution in [3.05, 3.63) is 89.9 Å². The van der Waals surface area contributed by atoms with Gasteiger partial charge in [-0.05, 0) is 29.3 Å². The average Bonchev–Trinajstić information content (AvgIpc) is 3.16. The van der Waals surface area contributed by atoms with Gasteiger partial charge in [-0.25, -0.2) is 15.4 Å². The SMILES string of the molecule is O=C(NO)c1ccc(Cn2ccc3c(NCc4ccccc4)ncnc32)cc1. The molecular weight excluding hydrogens is 354 g/mol. The van der Waals surface area contributed by atoms with Crippen LogP contribution in [0, 0.1) is 0 Å². The molecule has 1 amide bonds. The molecule has 0 saturated heterocycles. The third-order valence-corrected chi connectivity index (χ3v) is 4.53. The fourth-order valence-electron chi connectivity index (χ4n) is 3.08. The smallest absolute Gasteiger partial charge is 0.274 e. The van der Waals surface area contributed by atoms with Gasteiger partial charge in [-0.3, -0.25) is 10.0 Å². The molecule has 0 aliphatic heterocycles. The zero-order chi connectivity index (χ0) is 19.3. The van der Waals surface area contributed by atoms with Crippen molar-refractivity contribution in [2.24, 2.45) is 0 Å². The van der Waals surface area contributed by atoms with E-state index in [1.54, 1.807) is 23.9 Å². The van der Waals surface area contributed by atoms with E-state index < -0.39 is 5.91 Å². The van der Waals surface area contributed by atoms with Crippen LogP contribution in [0.5, 0.6) is 0 Å². The number of benzene rings is 2. The number of fused-ring (bicyclic) bond motifs is 1. The molecule has 4 aromatic rings. The Morgan fingerprint density at radius 2 is 1.75 bits per heavy atom. The Morgan fingerprint density at radius 1 is 0.964 bits per heavy atom. The minimum atomic E-state index is -0.528. The minimum absolute atomic E-state index is 0.401.